The fourth-order valence-electron chi connectivity index (χ4n) is 2.63. The van der Waals surface area contributed by atoms with E-state index in [1.54, 1.807) is 0 Å². The van der Waals surface area contributed by atoms with Crippen molar-refractivity contribution in [3.63, 3.8) is 0 Å². The van der Waals surface area contributed by atoms with Gasteiger partial charge in [-0.25, -0.2) is 0 Å². The lowest BCUT2D eigenvalue weighted by molar-refractivity contribution is 0.459. The number of aromatic nitrogens is 1. The molecule has 0 fully saturated rings. The maximum Gasteiger partial charge on any atom is 0.218 e. The molecule has 3 aromatic rings. The largest absolute Gasteiger partial charge is 0.493 e. The number of thiocarbonyl (C=S) groups is 1. The number of aromatic amines is 1. The molecule has 5 nitrogen and oxygen atoms in total. The van der Waals surface area contributed by atoms with Gasteiger partial charge in [0.1, 0.15) is 0 Å². The van der Waals surface area contributed by atoms with Crippen molar-refractivity contribution in [1.29, 1.82) is 0 Å². The van der Waals surface area contributed by atoms with Gasteiger partial charge in [-0.05, 0) is 50.2 Å². The average Bonchev–Trinajstić information content (AvgIpc) is 2.85. The quantitative estimate of drug-likeness (QED) is 0.440. The molecule has 1 heterocycles. The van der Waals surface area contributed by atoms with E-state index in [-0.39, 0.29) is 11.0 Å². The number of H-pyrrole nitrogens is 1. The Labute approximate surface area is 145 Å². The van der Waals surface area contributed by atoms with Crippen LogP contribution in [0, 0.1) is 20.8 Å². The molecule has 24 heavy (non-hydrogen) atoms. The highest BCUT2D eigenvalue weighted by Crippen LogP contribution is 2.36. The predicted molar refractivity (Wildman–Crippen MR) is 101 cm³/mol. The van der Waals surface area contributed by atoms with E-state index in [0.717, 1.165) is 27.7 Å². The van der Waals surface area contributed by atoms with Crippen LogP contribution in [0.15, 0.2) is 46.6 Å². The van der Waals surface area contributed by atoms with Crippen LogP contribution < -0.4 is 5.32 Å². The van der Waals surface area contributed by atoms with Gasteiger partial charge < -0.3 is 15.4 Å². The molecule has 2 aromatic carbocycles. The number of azo groups is 1. The smallest absolute Gasteiger partial charge is 0.218 e. The Balaban J connectivity index is 1.84. The number of nitrogens with one attached hydrogen (secondary N) is 2. The molecule has 0 saturated carbocycles. The summed E-state index contributed by atoms with van der Waals surface area (Å²) in [4.78, 5) is 2.92. The molecule has 0 radical (unpaired) electrons. The summed E-state index contributed by atoms with van der Waals surface area (Å²) in [5.41, 5.74) is 5.42. The van der Waals surface area contributed by atoms with Gasteiger partial charge in [-0.2, -0.15) is 0 Å². The highest BCUT2D eigenvalue weighted by Gasteiger charge is 2.11. The maximum absolute atomic E-state index is 10.1. The van der Waals surface area contributed by atoms with E-state index in [0.29, 0.717) is 5.69 Å². The van der Waals surface area contributed by atoms with Crippen molar-refractivity contribution in [3.8, 4) is 5.88 Å². The second-order valence-corrected chi connectivity index (χ2v) is 6.15. The number of fused-ring (bicyclic) bond motifs is 1. The van der Waals surface area contributed by atoms with Gasteiger partial charge in [0.2, 0.25) is 11.0 Å². The predicted octanol–water partition coefficient (Wildman–Crippen LogP) is 5.28. The zero-order chi connectivity index (χ0) is 17.3. The zero-order valence-corrected chi connectivity index (χ0v) is 14.5. The molecular weight excluding hydrogens is 320 g/mol. The van der Waals surface area contributed by atoms with E-state index in [9.17, 15) is 5.11 Å². The monoisotopic (exact) mass is 338 g/mol. The van der Waals surface area contributed by atoms with Crippen LogP contribution in [-0.4, -0.2) is 15.2 Å². The minimum Gasteiger partial charge on any atom is -0.493 e. The summed E-state index contributed by atoms with van der Waals surface area (Å²) in [7, 11) is 0. The van der Waals surface area contributed by atoms with Crippen LogP contribution in [0.1, 0.15) is 16.7 Å². The number of nitrogens with zero attached hydrogens (tertiary/aromatic N) is 2. The number of aromatic hydroxyl groups is 1. The third kappa shape index (κ3) is 3.14. The molecule has 0 aliphatic heterocycles. The van der Waals surface area contributed by atoms with Gasteiger partial charge in [0, 0.05) is 11.1 Å². The van der Waals surface area contributed by atoms with Gasteiger partial charge in [-0.15, -0.1) is 10.2 Å². The summed E-state index contributed by atoms with van der Waals surface area (Å²) in [6.45, 7) is 6.01. The Bertz CT molecular complexity index is 959. The minimum absolute atomic E-state index is 0.0163. The molecule has 3 N–H and O–H groups in total. The first-order valence-corrected chi connectivity index (χ1v) is 7.97. The molecule has 0 spiro atoms. The van der Waals surface area contributed by atoms with E-state index in [1.165, 1.54) is 5.56 Å². The van der Waals surface area contributed by atoms with Gasteiger partial charge >= 0.3 is 0 Å². The minimum atomic E-state index is -0.0163. The normalized spacial score (nSPS) is 11.3. The van der Waals surface area contributed by atoms with Gasteiger partial charge in [0.25, 0.3) is 0 Å². The lowest BCUT2D eigenvalue weighted by Crippen LogP contribution is -2.06. The number of hydrogen-bond donors (Lipinski definition) is 3. The number of aryl methyl sites for hydroxylation is 3. The van der Waals surface area contributed by atoms with Gasteiger partial charge in [0.15, 0.2) is 5.69 Å². The van der Waals surface area contributed by atoms with E-state index < -0.39 is 0 Å². The van der Waals surface area contributed by atoms with Crippen molar-refractivity contribution in [2.45, 2.75) is 20.8 Å². The summed E-state index contributed by atoms with van der Waals surface area (Å²) in [6, 6.07) is 11.8. The molecular formula is C18H18N4OS. The number of hydrogen-bond acceptors (Lipinski definition) is 3. The Hall–Kier alpha value is -2.73. The standard InChI is InChI=1S/C18H18N4OS/c1-10-7-8-14(12(3)9-10)19-18(24)22-21-16-13-6-4-5-11(2)15(13)20-17(16)23/h4-9,20,23H,1-3H3,(H,19,24). The van der Waals surface area contributed by atoms with E-state index in [4.69, 9.17) is 12.2 Å². The summed E-state index contributed by atoms with van der Waals surface area (Å²) in [5.74, 6) is -0.0163. The summed E-state index contributed by atoms with van der Waals surface area (Å²) >= 11 is 5.23. The Morgan fingerprint density at radius 3 is 2.67 bits per heavy atom. The summed E-state index contributed by atoms with van der Waals surface area (Å²) in [5, 5.41) is 22.3. The molecule has 0 amide bonds. The highest BCUT2D eigenvalue weighted by molar-refractivity contribution is 7.80. The van der Waals surface area contributed by atoms with Crippen molar-refractivity contribution in [2.24, 2.45) is 10.2 Å². The number of benzene rings is 2. The van der Waals surface area contributed by atoms with Crippen molar-refractivity contribution < 1.29 is 5.11 Å². The fraction of sp³-hybridized carbons (Fsp3) is 0.167. The number of anilines is 1. The highest BCUT2D eigenvalue weighted by atomic mass is 32.1. The summed E-state index contributed by atoms with van der Waals surface area (Å²) in [6.07, 6.45) is 0. The van der Waals surface area contributed by atoms with Gasteiger partial charge in [0.05, 0.1) is 5.52 Å². The molecule has 122 valence electrons. The van der Waals surface area contributed by atoms with Crippen LogP contribution in [0.4, 0.5) is 11.4 Å². The van der Waals surface area contributed by atoms with E-state index >= 15 is 0 Å². The second kappa shape index (κ2) is 6.41. The van der Waals surface area contributed by atoms with Crippen LogP contribution >= 0.6 is 12.2 Å². The average molecular weight is 338 g/mol. The van der Waals surface area contributed by atoms with Crippen molar-refractivity contribution in [2.75, 3.05) is 5.32 Å². The van der Waals surface area contributed by atoms with Crippen LogP contribution in [-0.2, 0) is 0 Å². The maximum atomic E-state index is 10.1. The first kappa shape index (κ1) is 16.1. The zero-order valence-electron chi connectivity index (χ0n) is 13.7. The van der Waals surface area contributed by atoms with Crippen molar-refractivity contribution >= 4 is 39.6 Å². The molecule has 6 heteroatoms. The topological polar surface area (TPSA) is 72.8 Å². The molecule has 3 rings (SSSR count). The first-order chi connectivity index (χ1) is 11.5. The van der Waals surface area contributed by atoms with E-state index in [2.05, 4.69) is 26.6 Å². The van der Waals surface area contributed by atoms with Crippen molar-refractivity contribution in [3.05, 3.63) is 53.1 Å². The van der Waals surface area contributed by atoms with Crippen LogP contribution in [0.3, 0.4) is 0 Å². The SMILES string of the molecule is Cc1ccc(NC(=S)N=Nc2c(O)[nH]c3c(C)cccc23)c(C)c1. The van der Waals surface area contributed by atoms with Crippen molar-refractivity contribution in [1.82, 2.24) is 4.98 Å². The second-order valence-electron chi connectivity index (χ2n) is 5.77. The third-order valence-electron chi connectivity index (χ3n) is 3.86. The van der Waals surface area contributed by atoms with Crippen LogP contribution in [0.2, 0.25) is 0 Å². The Morgan fingerprint density at radius 1 is 1.12 bits per heavy atom. The van der Waals surface area contributed by atoms with Gasteiger partial charge in [-0.1, -0.05) is 35.9 Å². The molecule has 0 atom stereocenters. The first-order valence-electron chi connectivity index (χ1n) is 7.56. The van der Waals surface area contributed by atoms with Crippen LogP contribution in [0.25, 0.3) is 10.9 Å². The van der Waals surface area contributed by atoms with Crippen LogP contribution in [0.5, 0.6) is 5.88 Å². The molecule has 0 aliphatic carbocycles. The molecule has 0 unspecified atom stereocenters. The van der Waals surface area contributed by atoms with E-state index in [1.807, 2.05) is 51.1 Å². The number of para-hydroxylation sites is 1. The Kier molecular flexibility index (Phi) is 4.31. The molecule has 0 aliphatic rings. The van der Waals surface area contributed by atoms with Gasteiger partial charge in [-0.3, -0.25) is 0 Å². The third-order valence-corrected chi connectivity index (χ3v) is 4.04. The number of rotatable bonds is 2. The summed E-state index contributed by atoms with van der Waals surface area (Å²) < 4.78 is 0. The fourth-order valence-corrected chi connectivity index (χ4v) is 2.78. The molecule has 1 aromatic heterocycles. The Morgan fingerprint density at radius 2 is 1.92 bits per heavy atom. The molecule has 0 saturated heterocycles. The molecule has 0 bridgehead atoms. The lowest BCUT2D eigenvalue weighted by Gasteiger charge is -2.07. The lowest BCUT2D eigenvalue weighted by atomic mass is 10.1.